The average Bonchev–Trinajstić information content (AvgIpc) is 3.19. The fourth-order valence-corrected chi connectivity index (χ4v) is 3.75. The number of ether oxygens (including phenoxy) is 1. The number of fused-ring (bicyclic) bond motifs is 1. The zero-order chi connectivity index (χ0) is 17.8. The molecule has 27 heavy (non-hydrogen) atoms. The van der Waals surface area contributed by atoms with Crippen LogP contribution >= 0.6 is 12.4 Å². The molecule has 0 radical (unpaired) electrons. The summed E-state index contributed by atoms with van der Waals surface area (Å²) in [5, 5.41) is 6.16. The van der Waals surface area contributed by atoms with Gasteiger partial charge in [-0.2, -0.15) is 0 Å². The van der Waals surface area contributed by atoms with E-state index in [-0.39, 0.29) is 18.2 Å². The molecule has 1 aliphatic rings. The smallest absolute Gasteiger partial charge is 0.124 e. The predicted molar refractivity (Wildman–Crippen MR) is 111 cm³/mol. The first-order chi connectivity index (χ1) is 12.8. The number of halogens is 2. The number of rotatable bonds is 6. The minimum atomic E-state index is -0.221. The van der Waals surface area contributed by atoms with Crippen LogP contribution in [-0.4, -0.2) is 6.04 Å². The molecular weight excluding hydrogens is 361 g/mol. The highest BCUT2D eigenvalue weighted by molar-refractivity contribution is 5.87. The van der Waals surface area contributed by atoms with Gasteiger partial charge in [-0.3, -0.25) is 0 Å². The van der Waals surface area contributed by atoms with Gasteiger partial charge in [-0.05, 0) is 47.4 Å². The second kappa shape index (κ2) is 9.20. The minimum Gasteiger partial charge on any atom is -0.489 e. The Kier molecular flexibility index (Phi) is 6.70. The molecule has 4 rings (SSSR count). The zero-order valence-corrected chi connectivity index (χ0v) is 16.1. The molecule has 1 N–H and O–H groups in total. The fraction of sp³-hybridized carbons (Fsp3) is 0.304. The Morgan fingerprint density at radius 1 is 0.926 bits per heavy atom. The van der Waals surface area contributed by atoms with E-state index in [0.29, 0.717) is 12.6 Å². The van der Waals surface area contributed by atoms with Crippen LogP contribution in [-0.2, 0) is 13.2 Å². The third kappa shape index (κ3) is 4.79. The van der Waals surface area contributed by atoms with E-state index < -0.39 is 0 Å². The molecule has 3 aromatic rings. The second-order valence-corrected chi connectivity index (χ2v) is 7.04. The van der Waals surface area contributed by atoms with Crippen LogP contribution in [0.5, 0.6) is 5.75 Å². The Morgan fingerprint density at radius 3 is 2.44 bits per heavy atom. The number of benzene rings is 3. The molecule has 0 aliphatic heterocycles. The predicted octanol–water partition coefficient (Wildman–Crippen LogP) is 6.01. The van der Waals surface area contributed by atoms with Crippen molar-refractivity contribution in [2.45, 2.75) is 44.9 Å². The molecule has 0 spiro atoms. The van der Waals surface area contributed by atoms with E-state index in [1.165, 1.54) is 54.2 Å². The van der Waals surface area contributed by atoms with Crippen molar-refractivity contribution in [1.82, 2.24) is 5.32 Å². The van der Waals surface area contributed by atoms with E-state index >= 15 is 0 Å². The van der Waals surface area contributed by atoms with Crippen LogP contribution in [0.25, 0.3) is 10.8 Å². The van der Waals surface area contributed by atoms with E-state index in [0.717, 1.165) is 17.9 Å². The third-order valence-corrected chi connectivity index (χ3v) is 5.23. The summed E-state index contributed by atoms with van der Waals surface area (Å²) in [5.74, 6) is 0.680. The van der Waals surface area contributed by atoms with Crippen molar-refractivity contribution < 1.29 is 9.13 Å². The van der Waals surface area contributed by atoms with Gasteiger partial charge in [0.2, 0.25) is 0 Å². The van der Waals surface area contributed by atoms with Gasteiger partial charge in [-0.15, -0.1) is 12.4 Å². The summed E-state index contributed by atoms with van der Waals surface area (Å²) in [6, 6.07) is 19.7. The lowest BCUT2D eigenvalue weighted by molar-refractivity contribution is 0.302. The van der Waals surface area contributed by atoms with Crippen LogP contribution in [0.1, 0.15) is 36.8 Å². The number of hydrogen-bond donors (Lipinski definition) is 1. The molecule has 0 bridgehead atoms. The highest BCUT2D eigenvalue weighted by Gasteiger charge is 2.16. The first kappa shape index (κ1) is 19.7. The number of hydrogen-bond acceptors (Lipinski definition) is 2. The molecule has 1 fully saturated rings. The van der Waals surface area contributed by atoms with Gasteiger partial charge in [-0.1, -0.05) is 55.3 Å². The maximum atomic E-state index is 13.1. The van der Waals surface area contributed by atoms with Gasteiger partial charge in [0.25, 0.3) is 0 Å². The van der Waals surface area contributed by atoms with E-state index in [4.69, 9.17) is 4.74 Å². The SMILES string of the molecule is Cl.Fc1ccc(COc2ccc3ccccc3c2CNC2CCCC2)cc1. The fourth-order valence-electron chi connectivity index (χ4n) is 3.75. The van der Waals surface area contributed by atoms with Crippen molar-refractivity contribution in [3.05, 3.63) is 77.6 Å². The summed E-state index contributed by atoms with van der Waals surface area (Å²) < 4.78 is 19.2. The summed E-state index contributed by atoms with van der Waals surface area (Å²) in [6.07, 6.45) is 5.16. The molecule has 1 aliphatic carbocycles. The van der Waals surface area contributed by atoms with Gasteiger partial charge in [0.1, 0.15) is 18.2 Å². The molecule has 0 unspecified atom stereocenters. The standard InChI is InChI=1S/C23H24FNO.ClH/c24-19-12-9-17(10-13-19)16-26-23-14-11-18-5-1-4-8-21(18)22(23)15-25-20-6-2-3-7-20;/h1,4-5,8-14,20,25H,2-3,6-7,15-16H2;1H. The highest BCUT2D eigenvalue weighted by atomic mass is 35.5. The van der Waals surface area contributed by atoms with Crippen LogP contribution in [0, 0.1) is 5.82 Å². The molecule has 0 saturated heterocycles. The molecule has 1 saturated carbocycles. The molecule has 142 valence electrons. The Balaban J connectivity index is 0.00000210. The van der Waals surface area contributed by atoms with Crippen LogP contribution in [0.4, 0.5) is 4.39 Å². The summed E-state index contributed by atoms with van der Waals surface area (Å²) in [4.78, 5) is 0. The lowest BCUT2D eigenvalue weighted by Gasteiger charge is -2.17. The number of nitrogens with one attached hydrogen (secondary N) is 1. The molecule has 3 aromatic carbocycles. The molecule has 0 atom stereocenters. The summed E-state index contributed by atoms with van der Waals surface area (Å²) in [6.45, 7) is 1.25. The van der Waals surface area contributed by atoms with Crippen molar-refractivity contribution in [2.24, 2.45) is 0 Å². The van der Waals surface area contributed by atoms with E-state index in [1.807, 2.05) is 0 Å². The van der Waals surface area contributed by atoms with Crippen molar-refractivity contribution in [1.29, 1.82) is 0 Å². The first-order valence-electron chi connectivity index (χ1n) is 9.41. The first-order valence-corrected chi connectivity index (χ1v) is 9.41. The van der Waals surface area contributed by atoms with Crippen molar-refractivity contribution >= 4 is 23.2 Å². The van der Waals surface area contributed by atoms with Crippen molar-refractivity contribution in [3.8, 4) is 5.75 Å². The largest absolute Gasteiger partial charge is 0.489 e. The molecule has 0 amide bonds. The normalized spacial score (nSPS) is 14.3. The summed E-state index contributed by atoms with van der Waals surface area (Å²) >= 11 is 0. The highest BCUT2D eigenvalue weighted by Crippen LogP contribution is 2.29. The Hall–Kier alpha value is -2.10. The third-order valence-electron chi connectivity index (χ3n) is 5.23. The molecule has 0 aromatic heterocycles. The average molecular weight is 386 g/mol. The van der Waals surface area contributed by atoms with Crippen molar-refractivity contribution in [3.63, 3.8) is 0 Å². The Bertz CT molecular complexity index is 875. The van der Waals surface area contributed by atoms with Gasteiger partial charge in [0, 0.05) is 18.2 Å². The Morgan fingerprint density at radius 2 is 1.67 bits per heavy atom. The van der Waals surface area contributed by atoms with Crippen LogP contribution in [0.2, 0.25) is 0 Å². The molecule has 4 heteroatoms. The molecular formula is C23H25ClFNO. The molecule has 0 heterocycles. The van der Waals surface area contributed by atoms with Crippen molar-refractivity contribution in [2.75, 3.05) is 0 Å². The maximum absolute atomic E-state index is 13.1. The van der Waals surface area contributed by atoms with Gasteiger partial charge in [0.05, 0.1) is 0 Å². The van der Waals surface area contributed by atoms with Crippen LogP contribution < -0.4 is 10.1 Å². The van der Waals surface area contributed by atoms with Crippen LogP contribution in [0.15, 0.2) is 60.7 Å². The van der Waals surface area contributed by atoms with Gasteiger partial charge in [0.15, 0.2) is 0 Å². The summed E-state index contributed by atoms with van der Waals surface area (Å²) in [7, 11) is 0. The topological polar surface area (TPSA) is 21.3 Å². The second-order valence-electron chi connectivity index (χ2n) is 7.04. The maximum Gasteiger partial charge on any atom is 0.124 e. The summed E-state index contributed by atoms with van der Waals surface area (Å²) in [5.41, 5.74) is 2.17. The lowest BCUT2D eigenvalue weighted by atomic mass is 10.0. The van der Waals surface area contributed by atoms with Gasteiger partial charge in [-0.25, -0.2) is 4.39 Å². The van der Waals surface area contributed by atoms with Gasteiger partial charge < -0.3 is 10.1 Å². The van der Waals surface area contributed by atoms with E-state index in [2.05, 4.69) is 41.7 Å². The monoisotopic (exact) mass is 385 g/mol. The zero-order valence-electron chi connectivity index (χ0n) is 15.3. The minimum absolute atomic E-state index is 0. The lowest BCUT2D eigenvalue weighted by Crippen LogP contribution is -2.25. The van der Waals surface area contributed by atoms with E-state index in [1.54, 1.807) is 12.1 Å². The van der Waals surface area contributed by atoms with E-state index in [9.17, 15) is 4.39 Å². The molecule has 2 nitrogen and oxygen atoms in total. The van der Waals surface area contributed by atoms with Gasteiger partial charge >= 0.3 is 0 Å². The van der Waals surface area contributed by atoms with Crippen LogP contribution in [0.3, 0.4) is 0 Å². The Labute approximate surface area is 166 Å². The quantitative estimate of drug-likeness (QED) is 0.560.